The van der Waals surface area contributed by atoms with Gasteiger partial charge in [-0.15, -0.1) is 12.4 Å². The fraction of sp³-hybridized carbons (Fsp3) is 0.400. The number of nitrogens with two attached hydrogens (primary N) is 1. The maximum absolute atomic E-state index is 12.8. The standard InChI is InChI=1S/C20H25N3O2.ClH/c1-2-18(23-11-5-8-19(23)24)20(25)22-17(13-21)16-10-9-14-6-3-4-7-15(14)12-16;/h3-4,6-7,9-10,12,17-18H,2,5,8,11,13,21H2,1H3,(H,22,25);1H. The summed E-state index contributed by atoms with van der Waals surface area (Å²) in [6.07, 6.45) is 1.97. The molecule has 140 valence electrons. The van der Waals surface area contributed by atoms with Crippen LogP contribution in [0.2, 0.25) is 0 Å². The number of nitrogens with zero attached hydrogens (tertiary/aromatic N) is 1. The Morgan fingerprint density at radius 3 is 2.58 bits per heavy atom. The van der Waals surface area contributed by atoms with Crippen LogP contribution in [0.3, 0.4) is 0 Å². The zero-order valence-corrected chi connectivity index (χ0v) is 15.8. The molecule has 2 atom stereocenters. The van der Waals surface area contributed by atoms with E-state index in [0.29, 0.717) is 25.9 Å². The van der Waals surface area contributed by atoms with Crippen molar-refractivity contribution in [1.29, 1.82) is 0 Å². The monoisotopic (exact) mass is 375 g/mol. The van der Waals surface area contributed by atoms with Crippen molar-refractivity contribution in [3.8, 4) is 0 Å². The molecule has 2 amide bonds. The molecule has 0 saturated carbocycles. The van der Waals surface area contributed by atoms with Crippen LogP contribution < -0.4 is 11.1 Å². The van der Waals surface area contributed by atoms with Gasteiger partial charge in [0.05, 0.1) is 6.04 Å². The maximum atomic E-state index is 12.8. The van der Waals surface area contributed by atoms with E-state index in [2.05, 4.69) is 17.4 Å². The number of amides is 2. The lowest BCUT2D eigenvalue weighted by Gasteiger charge is -2.28. The van der Waals surface area contributed by atoms with Crippen LogP contribution in [0.4, 0.5) is 0 Å². The van der Waals surface area contributed by atoms with Gasteiger partial charge < -0.3 is 16.0 Å². The Kier molecular flexibility index (Phi) is 7.00. The van der Waals surface area contributed by atoms with Crippen molar-refractivity contribution in [1.82, 2.24) is 10.2 Å². The lowest BCUT2D eigenvalue weighted by Crippen LogP contribution is -2.49. The summed E-state index contributed by atoms with van der Waals surface area (Å²) in [7, 11) is 0. The number of hydrogen-bond donors (Lipinski definition) is 2. The molecular weight excluding hydrogens is 350 g/mol. The Bertz CT molecular complexity index is 780. The fourth-order valence-corrected chi connectivity index (χ4v) is 3.52. The van der Waals surface area contributed by atoms with E-state index in [4.69, 9.17) is 5.73 Å². The van der Waals surface area contributed by atoms with E-state index >= 15 is 0 Å². The minimum absolute atomic E-state index is 0. The predicted octanol–water partition coefficient (Wildman–Crippen LogP) is 2.78. The zero-order valence-electron chi connectivity index (χ0n) is 15.0. The molecule has 2 aromatic carbocycles. The Hall–Kier alpha value is -2.11. The van der Waals surface area contributed by atoms with Crippen LogP contribution in [-0.2, 0) is 9.59 Å². The molecule has 0 radical (unpaired) electrons. The van der Waals surface area contributed by atoms with Gasteiger partial charge in [-0.25, -0.2) is 0 Å². The average molecular weight is 376 g/mol. The van der Waals surface area contributed by atoms with Crippen molar-refractivity contribution in [2.75, 3.05) is 13.1 Å². The van der Waals surface area contributed by atoms with Crippen molar-refractivity contribution in [3.05, 3.63) is 48.0 Å². The lowest BCUT2D eigenvalue weighted by atomic mass is 10.0. The third-order valence-corrected chi connectivity index (χ3v) is 4.90. The number of fused-ring (bicyclic) bond motifs is 1. The highest BCUT2D eigenvalue weighted by molar-refractivity contribution is 5.89. The number of benzene rings is 2. The Morgan fingerprint density at radius 2 is 1.96 bits per heavy atom. The first-order valence-electron chi connectivity index (χ1n) is 8.92. The molecule has 1 fully saturated rings. The quantitative estimate of drug-likeness (QED) is 0.815. The average Bonchev–Trinajstić information content (AvgIpc) is 3.05. The smallest absolute Gasteiger partial charge is 0.243 e. The molecule has 0 aromatic heterocycles. The molecule has 2 aromatic rings. The summed E-state index contributed by atoms with van der Waals surface area (Å²) in [4.78, 5) is 26.4. The largest absolute Gasteiger partial charge is 0.346 e. The first-order chi connectivity index (χ1) is 12.1. The second kappa shape index (κ2) is 9.01. The summed E-state index contributed by atoms with van der Waals surface area (Å²) in [6.45, 7) is 2.91. The molecule has 3 N–H and O–H groups in total. The number of likely N-dealkylation sites (tertiary alicyclic amines) is 1. The second-order valence-corrected chi connectivity index (χ2v) is 6.52. The number of hydrogen-bond acceptors (Lipinski definition) is 3. The topological polar surface area (TPSA) is 75.4 Å². The molecule has 0 spiro atoms. The number of rotatable bonds is 6. The van der Waals surface area contributed by atoms with Crippen LogP contribution in [0.1, 0.15) is 37.8 Å². The number of nitrogens with one attached hydrogen (secondary N) is 1. The highest BCUT2D eigenvalue weighted by Gasteiger charge is 2.32. The van der Waals surface area contributed by atoms with Gasteiger partial charge in [-0.05, 0) is 35.2 Å². The van der Waals surface area contributed by atoms with E-state index in [1.54, 1.807) is 4.90 Å². The molecule has 26 heavy (non-hydrogen) atoms. The van der Waals surface area contributed by atoms with Gasteiger partial charge in [-0.2, -0.15) is 0 Å². The molecule has 3 rings (SSSR count). The van der Waals surface area contributed by atoms with E-state index in [1.165, 1.54) is 0 Å². The summed E-state index contributed by atoms with van der Waals surface area (Å²) in [6, 6.07) is 13.5. The number of carbonyl (C=O) groups excluding carboxylic acids is 2. The van der Waals surface area contributed by atoms with Gasteiger partial charge in [-0.3, -0.25) is 9.59 Å². The minimum atomic E-state index is -0.412. The molecule has 1 aliphatic heterocycles. The maximum Gasteiger partial charge on any atom is 0.243 e. The molecule has 2 unspecified atom stereocenters. The molecule has 0 bridgehead atoms. The van der Waals surface area contributed by atoms with Crippen molar-refractivity contribution in [2.45, 2.75) is 38.3 Å². The second-order valence-electron chi connectivity index (χ2n) is 6.52. The van der Waals surface area contributed by atoms with E-state index in [1.807, 2.05) is 37.3 Å². The fourth-order valence-electron chi connectivity index (χ4n) is 3.52. The van der Waals surface area contributed by atoms with E-state index < -0.39 is 6.04 Å². The van der Waals surface area contributed by atoms with E-state index in [0.717, 1.165) is 22.8 Å². The summed E-state index contributed by atoms with van der Waals surface area (Å²) in [5.74, 6) is -0.0571. The Balaban J connectivity index is 0.00000243. The summed E-state index contributed by atoms with van der Waals surface area (Å²) >= 11 is 0. The predicted molar refractivity (Wildman–Crippen MR) is 106 cm³/mol. The molecule has 1 aliphatic rings. The van der Waals surface area contributed by atoms with Crippen molar-refractivity contribution < 1.29 is 9.59 Å². The summed E-state index contributed by atoms with van der Waals surface area (Å²) in [5, 5.41) is 5.31. The minimum Gasteiger partial charge on any atom is -0.346 e. The van der Waals surface area contributed by atoms with Crippen LogP contribution in [0.5, 0.6) is 0 Å². The number of carbonyl (C=O) groups is 2. The third-order valence-electron chi connectivity index (χ3n) is 4.90. The highest BCUT2D eigenvalue weighted by Crippen LogP contribution is 2.21. The van der Waals surface area contributed by atoms with Crippen LogP contribution >= 0.6 is 12.4 Å². The first-order valence-corrected chi connectivity index (χ1v) is 8.92. The van der Waals surface area contributed by atoms with Gasteiger partial charge in [0.2, 0.25) is 11.8 Å². The van der Waals surface area contributed by atoms with Crippen LogP contribution in [0, 0.1) is 0 Å². The highest BCUT2D eigenvalue weighted by atomic mass is 35.5. The van der Waals surface area contributed by atoms with Gasteiger partial charge in [0.1, 0.15) is 6.04 Å². The molecule has 5 nitrogen and oxygen atoms in total. The normalized spacial score (nSPS) is 16.2. The first kappa shape index (κ1) is 20.2. The molecule has 6 heteroatoms. The SMILES string of the molecule is CCC(C(=O)NC(CN)c1ccc2ccccc2c1)N1CCCC1=O.Cl. The van der Waals surface area contributed by atoms with Crippen molar-refractivity contribution >= 4 is 35.0 Å². The summed E-state index contributed by atoms with van der Waals surface area (Å²) in [5.41, 5.74) is 6.91. The van der Waals surface area contributed by atoms with Gasteiger partial charge in [-0.1, -0.05) is 43.3 Å². The zero-order chi connectivity index (χ0) is 17.8. The molecule has 1 heterocycles. The Morgan fingerprint density at radius 1 is 1.23 bits per heavy atom. The van der Waals surface area contributed by atoms with Crippen molar-refractivity contribution in [2.24, 2.45) is 5.73 Å². The van der Waals surface area contributed by atoms with E-state index in [-0.39, 0.29) is 30.3 Å². The van der Waals surface area contributed by atoms with Crippen LogP contribution in [-0.4, -0.2) is 35.8 Å². The summed E-state index contributed by atoms with van der Waals surface area (Å²) < 4.78 is 0. The molecular formula is C20H26ClN3O2. The van der Waals surface area contributed by atoms with Gasteiger partial charge >= 0.3 is 0 Å². The van der Waals surface area contributed by atoms with Gasteiger partial charge in [0, 0.05) is 19.5 Å². The lowest BCUT2D eigenvalue weighted by molar-refractivity contribution is -0.137. The Labute approximate surface area is 160 Å². The number of halogens is 1. The third kappa shape index (κ3) is 4.17. The molecule has 1 saturated heterocycles. The molecule has 0 aliphatic carbocycles. The van der Waals surface area contributed by atoms with Crippen LogP contribution in [0.15, 0.2) is 42.5 Å². The van der Waals surface area contributed by atoms with Crippen LogP contribution in [0.25, 0.3) is 10.8 Å². The van der Waals surface area contributed by atoms with E-state index in [9.17, 15) is 9.59 Å². The van der Waals surface area contributed by atoms with Gasteiger partial charge in [0.25, 0.3) is 0 Å². The van der Waals surface area contributed by atoms with Gasteiger partial charge in [0.15, 0.2) is 0 Å². The van der Waals surface area contributed by atoms with Crippen molar-refractivity contribution in [3.63, 3.8) is 0 Å².